The van der Waals surface area contributed by atoms with Gasteiger partial charge in [-0.25, -0.2) is 0 Å². The maximum Gasteiger partial charge on any atom is 0.195 e. The average molecular weight is 460 g/mol. The van der Waals surface area contributed by atoms with Crippen molar-refractivity contribution >= 4 is 33.0 Å². The highest BCUT2D eigenvalue weighted by Gasteiger charge is 2.56. The van der Waals surface area contributed by atoms with E-state index in [1.54, 1.807) is 0 Å². The number of nitrogens with zero attached hydrogens (tertiary/aromatic N) is 1. The van der Waals surface area contributed by atoms with Crippen LogP contribution < -0.4 is 4.90 Å². The molecule has 4 heteroatoms. The van der Waals surface area contributed by atoms with Gasteiger partial charge in [-0.2, -0.15) is 0 Å². The van der Waals surface area contributed by atoms with Gasteiger partial charge in [-0.05, 0) is 41.3 Å². The summed E-state index contributed by atoms with van der Waals surface area (Å²) in [5.41, 5.74) is 4.18. The molecular weight excluding hydrogens is 438 g/mol. The first-order valence-corrected chi connectivity index (χ1v) is 11.0. The summed E-state index contributed by atoms with van der Waals surface area (Å²) in [5.74, 6) is 0.122. The maximum atomic E-state index is 13.9. The second-order valence-electron chi connectivity index (χ2n) is 7.84. The van der Waals surface area contributed by atoms with Crippen LogP contribution in [0.3, 0.4) is 0 Å². The number of Topliss-reactive ketones (excluding diaryl/α,β-unsaturated/α-hetero) is 1. The second-order valence-corrected chi connectivity index (χ2v) is 8.76. The Hall–Kier alpha value is -2.69. The number of aliphatic hydroxyl groups is 1. The van der Waals surface area contributed by atoms with E-state index in [1.807, 2.05) is 66.7 Å². The lowest BCUT2D eigenvalue weighted by atomic mass is 9.75. The smallest absolute Gasteiger partial charge is 0.195 e. The van der Waals surface area contributed by atoms with E-state index in [0.29, 0.717) is 12.8 Å². The van der Waals surface area contributed by atoms with E-state index in [9.17, 15) is 9.90 Å². The highest BCUT2D eigenvalue weighted by molar-refractivity contribution is 9.10. The maximum absolute atomic E-state index is 13.9. The largest absolute Gasteiger partial charge is 0.396 e. The van der Waals surface area contributed by atoms with Crippen LogP contribution in [0.4, 0.5) is 5.69 Å². The molecule has 2 atom stereocenters. The van der Waals surface area contributed by atoms with Crippen LogP contribution in [-0.2, 0) is 5.54 Å². The molecule has 30 heavy (non-hydrogen) atoms. The molecular formula is C26H22BrNO2. The quantitative estimate of drug-likeness (QED) is 0.552. The van der Waals surface area contributed by atoms with Crippen LogP contribution in [-0.4, -0.2) is 23.5 Å². The van der Waals surface area contributed by atoms with Crippen molar-refractivity contribution in [2.24, 2.45) is 0 Å². The number of rotatable bonds is 4. The Kier molecular flexibility index (Phi) is 4.84. The van der Waals surface area contributed by atoms with Gasteiger partial charge in [0.05, 0.1) is 6.04 Å². The molecule has 2 heterocycles. The van der Waals surface area contributed by atoms with Crippen molar-refractivity contribution < 1.29 is 9.90 Å². The van der Waals surface area contributed by atoms with Gasteiger partial charge in [0, 0.05) is 28.8 Å². The molecule has 0 saturated carbocycles. The molecule has 0 radical (unpaired) electrons. The summed E-state index contributed by atoms with van der Waals surface area (Å²) >= 11 is 3.54. The summed E-state index contributed by atoms with van der Waals surface area (Å²) in [7, 11) is 0. The monoisotopic (exact) mass is 459 g/mol. The van der Waals surface area contributed by atoms with Gasteiger partial charge in [0.1, 0.15) is 5.54 Å². The number of halogens is 1. The SMILES string of the molecule is O=C1c2cc(Br)ccc2N2[C@H](CCO)C(c3ccccc3)=CC[C@@]12c1ccccc1. The molecule has 150 valence electrons. The van der Waals surface area contributed by atoms with Crippen LogP contribution in [0.15, 0.2) is 89.4 Å². The number of anilines is 1. The summed E-state index contributed by atoms with van der Waals surface area (Å²) in [6, 6.07) is 26.2. The predicted molar refractivity (Wildman–Crippen MR) is 124 cm³/mol. The lowest BCUT2D eigenvalue weighted by Gasteiger charge is -2.48. The van der Waals surface area contributed by atoms with Crippen molar-refractivity contribution in [1.82, 2.24) is 0 Å². The first-order valence-electron chi connectivity index (χ1n) is 10.2. The van der Waals surface area contributed by atoms with E-state index in [2.05, 4.69) is 39.0 Å². The summed E-state index contributed by atoms with van der Waals surface area (Å²) in [6.07, 6.45) is 3.35. The van der Waals surface area contributed by atoms with Crippen molar-refractivity contribution in [3.8, 4) is 0 Å². The molecule has 5 rings (SSSR count). The van der Waals surface area contributed by atoms with Gasteiger partial charge in [-0.3, -0.25) is 4.79 Å². The molecule has 3 aromatic carbocycles. The molecule has 0 aromatic heterocycles. The van der Waals surface area contributed by atoms with Crippen molar-refractivity contribution in [3.63, 3.8) is 0 Å². The Labute approximate surface area is 184 Å². The van der Waals surface area contributed by atoms with Gasteiger partial charge in [-0.1, -0.05) is 82.7 Å². The summed E-state index contributed by atoms with van der Waals surface area (Å²) < 4.78 is 0.896. The fourth-order valence-electron chi connectivity index (χ4n) is 5.05. The number of hydrogen-bond acceptors (Lipinski definition) is 3. The second kappa shape index (κ2) is 7.53. The van der Waals surface area contributed by atoms with Crippen molar-refractivity contribution in [2.45, 2.75) is 24.4 Å². The van der Waals surface area contributed by atoms with E-state index in [-0.39, 0.29) is 18.4 Å². The number of aliphatic hydroxyl groups excluding tert-OH is 1. The molecule has 1 N–H and O–H groups in total. The normalized spacial score (nSPS) is 22.5. The van der Waals surface area contributed by atoms with Crippen LogP contribution in [0.1, 0.15) is 34.3 Å². The molecule has 0 aliphatic carbocycles. The zero-order valence-corrected chi connectivity index (χ0v) is 18.0. The Balaban J connectivity index is 1.77. The fourth-order valence-corrected chi connectivity index (χ4v) is 5.41. The summed E-state index contributed by atoms with van der Waals surface area (Å²) in [4.78, 5) is 16.2. The molecule has 2 aliphatic heterocycles. The molecule has 0 amide bonds. The van der Waals surface area contributed by atoms with E-state index in [4.69, 9.17) is 0 Å². The van der Waals surface area contributed by atoms with Gasteiger partial charge in [-0.15, -0.1) is 0 Å². The topological polar surface area (TPSA) is 40.5 Å². The van der Waals surface area contributed by atoms with Crippen LogP contribution in [0.2, 0.25) is 0 Å². The van der Waals surface area contributed by atoms with Crippen LogP contribution in [0, 0.1) is 0 Å². The van der Waals surface area contributed by atoms with Crippen LogP contribution >= 0.6 is 15.9 Å². The van der Waals surface area contributed by atoms with E-state index in [1.165, 1.54) is 5.57 Å². The van der Waals surface area contributed by atoms with E-state index >= 15 is 0 Å². The number of benzene rings is 3. The summed E-state index contributed by atoms with van der Waals surface area (Å²) in [5, 5.41) is 9.97. The number of ketones is 1. The molecule has 0 bridgehead atoms. The number of hydrogen-bond donors (Lipinski definition) is 1. The molecule has 2 aliphatic rings. The molecule has 3 aromatic rings. The first-order chi connectivity index (χ1) is 14.7. The minimum Gasteiger partial charge on any atom is -0.396 e. The van der Waals surface area contributed by atoms with Crippen molar-refractivity contribution in [1.29, 1.82) is 0 Å². The zero-order chi connectivity index (χ0) is 20.7. The van der Waals surface area contributed by atoms with Gasteiger partial charge < -0.3 is 10.0 Å². The predicted octanol–water partition coefficient (Wildman–Crippen LogP) is 5.59. The Morgan fingerprint density at radius 2 is 1.70 bits per heavy atom. The molecule has 0 fully saturated rings. The van der Waals surface area contributed by atoms with Crippen molar-refractivity contribution in [3.05, 3.63) is 106 Å². The molecule has 0 saturated heterocycles. The van der Waals surface area contributed by atoms with Crippen molar-refractivity contribution in [2.75, 3.05) is 11.5 Å². The average Bonchev–Trinajstić information content (AvgIpc) is 3.04. The number of carbonyl (C=O) groups is 1. The third-order valence-electron chi connectivity index (χ3n) is 6.30. The Morgan fingerprint density at radius 1 is 1.00 bits per heavy atom. The van der Waals surface area contributed by atoms with Crippen LogP contribution in [0.5, 0.6) is 0 Å². The van der Waals surface area contributed by atoms with Gasteiger partial charge >= 0.3 is 0 Å². The highest BCUT2D eigenvalue weighted by Crippen LogP contribution is 2.53. The molecule has 3 nitrogen and oxygen atoms in total. The first kappa shape index (κ1) is 19.3. The van der Waals surface area contributed by atoms with Gasteiger partial charge in [0.25, 0.3) is 0 Å². The third kappa shape index (κ3) is 2.78. The number of carbonyl (C=O) groups excluding carboxylic acids is 1. The van der Waals surface area contributed by atoms with Gasteiger partial charge in [0.2, 0.25) is 0 Å². The van der Waals surface area contributed by atoms with E-state index in [0.717, 1.165) is 26.9 Å². The Bertz CT molecular complexity index is 1130. The standard InChI is InChI=1S/C26H22BrNO2/c27-20-11-12-23-22(17-20)25(30)26(19-9-5-2-6-10-19)15-13-21(18-7-3-1-4-8-18)24(14-16-29)28(23)26/h1-13,17,24,29H,14-16H2/t24-,26-/m1/s1. The van der Waals surface area contributed by atoms with E-state index < -0.39 is 5.54 Å². The lowest BCUT2D eigenvalue weighted by molar-refractivity contribution is 0.0890. The third-order valence-corrected chi connectivity index (χ3v) is 6.79. The minimum atomic E-state index is -0.789. The highest BCUT2D eigenvalue weighted by atomic mass is 79.9. The lowest BCUT2D eigenvalue weighted by Crippen LogP contribution is -2.55. The fraction of sp³-hybridized carbons (Fsp3) is 0.192. The molecule has 0 unspecified atom stereocenters. The van der Waals surface area contributed by atoms with Crippen LogP contribution in [0.25, 0.3) is 5.57 Å². The summed E-state index contributed by atoms with van der Waals surface area (Å²) in [6.45, 7) is 0.0518. The molecule has 0 spiro atoms. The number of fused-ring (bicyclic) bond motifs is 3. The zero-order valence-electron chi connectivity index (χ0n) is 16.5. The van der Waals surface area contributed by atoms with Gasteiger partial charge in [0.15, 0.2) is 5.78 Å². The Morgan fingerprint density at radius 3 is 2.40 bits per heavy atom. The minimum absolute atomic E-state index is 0.0518.